The van der Waals surface area contributed by atoms with Crippen molar-refractivity contribution in [2.75, 3.05) is 0 Å². The first-order chi connectivity index (χ1) is 9.67. The van der Waals surface area contributed by atoms with Gasteiger partial charge in [0.25, 0.3) is 0 Å². The van der Waals surface area contributed by atoms with Crippen molar-refractivity contribution in [3.05, 3.63) is 58.6 Å². The molecule has 0 aliphatic heterocycles. The quantitative estimate of drug-likeness (QED) is 0.664. The molecule has 2 aromatic heterocycles. The van der Waals surface area contributed by atoms with Crippen LogP contribution in [0.4, 0.5) is 3.89 Å². The van der Waals surface area contributed by atoms with Crippen LogP contribution in [-0.2, 0) is 0 Å². The molecular formula is C15H10FNO2S. The predicted octanol–water partition coefficient (Wildman–Crippen LogP) is 4.14. The van der Waals surface area contributed by atoms with Crippen LogP contribution in [0.25, 0.3) is 22.1 Å². The summed E-state index contributed by atoms with van der Waals surface area (Å²) in [5.41, 5.74) is 2.17. The molecule has 0 N–H and O–H groups in total. The number of fused-ring (bicyclic) bond motifs is 1. The molecular weight excluding hydrogens is 277 g/mol. The normalized spacial score (nSPS) is 10.9. The smallest absolute Gasteiger partial charge is 0.344 e. The fraction of sp³-hybridized carbons (Fsp3) is 0.0667. The number of benzene rings is 1. The number of aromatic nitrogens is 1. The van der Waals surface area contributed by atoms with Crippen LogP contribution in [0.15, 0.2) is 56.8 Å². The summed E-state index contributed by atoms with van der Waals surface area (Å²) in [6.07, 6.45) is 1.47. The van der Waals surface area contributed by atoms with Crippen molar-refractivity contribution in [3.63, 3.8) is 0 Å². The second-order valence-corrected chi connectivity index (χ2v) is 5.02. The molecule has 0 spiro atoms. The third kappa shape index (κ3) is 2.32. The zero-order valence-corrected chi connectivity index (χ0v) is 11.4. The molecule has 3 nitrogen and oxygen atoms in total. The molecule has 20 heavy (non-hydrogen) atoms. The van der Waals surface area contributed by atoms with Crippen molar-refractivity contribution in [3.8, 4) is 11.1 Å². The Balaban J connectivity index is 2.24. The van der Waals surface area contributed by atoms with Crippen LogP contribution in [0.1, 0.15) is 5.56 Å². The van der Waals surface area contributed by atoms with Crippen molar-refractivity contribution in [2.24, 2.45) is 0 Å². The fourth-order valence-electron chi connectivity index (χ4n) is 2.06. The maximum absolute atomic E-state index is 12.6. The molecule has 1 aromatic carbocycles. The Labute approximate surface area is 118 Å². The van der Waals surface area contributed by atoms with Gasteiger partial charge >= 0.3 is 5.63 Å². The Morgan fingerprint density at radius 1 is 1.20 bits per heavy atom. The van der Waals surface area contributed by atoms with Gasteiger partial charge in [-0.25, -0.2) is 9.78 Å². The number of rotatable bonds is 2. The van der Waals surface area contributed by atoms with E-state index in [0.29, 0.717) is 16.7 Å². The van der Waals surface area contributed by atoms with E-state index in [-0.39, 0.29) is 17.2 Å². The van der Waals surface area contributed by atoms with Gasteiger partial charge in [0.2, 0.25) is 0 Å². The highest BCUT2D eigenvalue weighted by atomic mass is 32.2. The van der Waals surface area contributed by atoms with Gasteiger partial charge in [-0.3, -0.25) is 0 Å². The van der Waals surface area contributed by atoms with Crippen LogP contribution in [0.2, 0.25) is 0 Å². The van der Waals surface area contributed by atoms with E-state index in [0.717, 1.165) is 10.9 Å². The minimum atomic E-state index is -0.442. The van der Waals surface area contributed by atoms with Crippen LogP contribution in [0.3, 0.4) is 0 Å². The largest absolute Gasteiger partial charge is 0.422 e. The second kappa shape index (κ2) is 5.09. The maximum Gasteiger partial charge on any atom is 0.344 e. The fourth-order valence-corrected chi connectivity index (χ4v) is 2.34. The van der Waals surface area contributed by atoms with Gasteiger partial charge in [-0.2, -0.15) is 3.89 Å². The summed E-state index contributed by atoms with van der Waals surface area (Å²) in [7, 11) is 0. The highest BCUT2D eigenvalue weighted by molar-refractivity contribution is 7.94. The van der Waals surface area contributed by atoms with E-state index in [9.17, 15) is 8.68 Å². The topological polar surface area (TPSA) is 43.1 Å². The number of pyridine rings is 1. The van der Waals surface area contributed by atoms with Gasteiger partial charge < -0.3 is 4.42 Å². The van der Waals surface area contributed by atoms with Crippen LogP contribution < -0.4 is 5.63 Å². The molecule has 2 heterocycles. The Hall–Kier alpha value is -2.14. The lowest BCUT2D eigenvalue weighted by Gasteiger charge is -2.04. The van der Waals surface area contributed by atoms with Crippen LogP contribution in [0.5, 0.6) is 0 Å². The molecule has 3 aromatic rings. The van der Waals surface area contributed by atoms with E-state index in [1.54, 1.807) is 18.2 Å². The highest BCUT2D eigenvalue weighted by Gasteiger charge is 2.09. The third-order valence-corrected chi connectivity index (χ3v) is 3.39. The van der Waals surface area contributed by atoms with Crippen LogP contribution in [-0.4, -0.2) is 4.98 Å². The molecule has 100 valence electrons. The summed E-state index contributed by atoms with van der Waals surface area (Å²) in [6, 6.07) is 10.5. The van der Waals surface area contributed by atoms with Crippen molar-refractivity contribution in [1.82, 2.24) is 4.98 Å². The van der Waals surface area contributed by atoms with Gasteiger partial charge in [-0.1, -0.05) is 11.6 Å². The third-order valence-electron chi connectivity index (χ3n) is 3.01. The zero-order valence-electron chi connectivity index (χ0n) is 10.6. The van der Waals surface area contributed by atoms with Gasteiger partial charge in [-0.15, -0.1) is 0 Å². The van der Waals surface area contributed by atoms with Gasteiger partial charge in [0.05, 0.1) is 5.56 Å². The van der Waals surface area contributed by atoms with Crippen LogP contribution in [0, 0.1) is 6.92 Å². The van der Waals surface area contributed by atoms with Crippen molar-refractivity contribution >= 4 is 23.1 Å². The number of hydrogen-bond donors (Lipinski definition) is 0. The van der Waals surface area contributed by atoms with Gasteiger partial charge in [0.1, 0.15) is 22.8 Å². The highest BCUT2D eigenvalue weighted by Crippen LogP contribution is 2.25. The lowest BCUT2D eigenvalue weighted by Crippen LogP contribution is -2.02. The average molecular weight is 287 g/mol. The molecule has 0 saturated carbocycles. The minimum absolute atomic E-state index is 0.0458. The van der Waals surface area contributed by atoms with E-state index < -0.39 is 5.63 Å². The van der Waals surface area contributed by atoms with E-state index in [1.807, 2.05) is 19.1 Å². The van der Waals surface area contributed by atoms with E-state index >= 15 is 0 Å². The molecule has 0 aliphatic carbocycles. The first kappa shape index (κ1) is 12.9. The van der Waals surface area contributed by atoms with Crippen molar-refractivity contribution < 1.29 is 8.30 Å². The summed E-state index contributed by atoms with van der Waals surface area (Å²) in [5, 5.41) is 1.05. The molecule has 0 unspecified atom stereocenters. The lowest BCUT2D eigenvalue weighted by atomic mass is 10.1. The molecule has 0 saturated heterocycles. The predicted molar refractivity (Wildman–Crippen MR) is 77.4 cm³/mol. The molecule has 0 aliphatic rings. The Morgan fingerprint density at radius 3 is 2.85 bits per heavy atom. The first-order valence-corrected chi connectivity index (χ1v) is 6.68. The van der Waals surface area contributed by atoms with Gasteiger partial charge in [0, 0.05) is 11.6 Å². The molecule has 0 fully saturated rings. The Kier molecular flexibility index (Phi) is 3.28. The standard InChI is InChI=1S/C15H10FNO2S/c1-9-2-3-13-11(6-9)7-12(15(18)19-13)10-4-5-17-14(8-10)20-16/h2-8H,1H3. The number of nitrogens with zero attached hydrogens (tertiary/aromatic N) is 1. The summed E-state index contributed by atoms with van der Waals surface area (Å²) in [5.74, 6) is 0. The molecule has 3 rings (SSSR count). The summed E-state index contributed by atoms with van der Waals surface area (Å²) >= 11 is 0.0458. The summed E-state index contributed by atoms with van der Waals surface area (Å²) < 4.78 is 17.9. The number of hydrogen-bond acceptors (Lipinski definition) is 4. The molecule has 0 bridgehead atoms. The average Bonchev–Trinajstić information content (AvgIpc) is 2.47. The lowest BCUT2D eigenvalue weighted by molar-refractivity contribution is 0.563. The van der Waals surface area contributed by atoms with E-state index in [4.69, 9.17) is 4.42 Å². The summed E-state index contributed by atoms with van der Waals surface area (Å²) in [4.78, 5) is 15.9. The van der Waals surface area contributed by atoms with Crippen molar-refractivity contribution in [2.45, 2.75) is 11.9 Å². The molecule has 5 heteroatoms. The van der Waals surface area contributed by atoms with Crippen molar-refractivity contribution in [1.29, 1.82) is 0 Å². The molecule has 0 amide bonds. The zero-order chi connectivity index (χ0) is 14.1. The SMILES string of the molecule is Cc1ccc2oc(=O)c(-c3ccnc(SF)c3)cc2c1. The Morgan fingerprint density at radius 2 is 2.05 bits per heavy atom. The Bertz CT molecular complexity index is 845. The van der Waals surface area contributed by atoms with Crippen LogP contribution >= 0.6 is 12.1 Å². The maximum atomic E-state index is 12.6. The molecule has 0 atom stereocenters. The second-order valence-electron chi connectivity index (χ2n) is 4.45. The number of aryl methyl sites for hydroxylation is 1. The first-order valence-electron chi connectivity index (χ1n) is 5.97. The van der Waals surface area contributed by atoms with Gasteiger partial charge in [0.15, 0.2) is 0 Å². The minimum Gasteiger partial charge on any atom is -0.422 e. The summed E-state index contributed by atoms with van der Waals surface area (Å²) in [6.45, 7) is 1.97. The molecule has 0 radical (unpaired) electrons. The van der Waals surface area contributed by atoms with E-state index in [2.05, 4.69) is 4.98 Å². The monoisotopic (exact) mass is 287 g/mol. The van der Waals surface area contributed by atoms with Gasteiger partial charge in [-0.05, 0) is 42.8 Å². The van der Waals surface area contributed by atoms with E-state index in [1.165, 1.54) is 12.3 Å². The number of halogens is 1.